The highest BCUT2D eigenvalue weighted by Crippen LogP contribution is 2.32. The van der Waals surface area contributed by atoms with Crippen LogP contribution in [0.1, 0.15) is 43.1 Å². The molecule has 2 unspecified atom stereocenters. The number of nitrogens with one attached hydrogen (secondary N) is 1. The van der Waals surface area contributed by atoms with Gasteiger partial charge in [0.2, 0.25) is 5.91 Å². The molecule has 2 heterocycles. The fourth-order valence-corrected chi connectivity index (χ4v) is 4.74. The molecule has 8 heteroatoms. The van der Waals surface area contributed by atoms with Crippen molar-refractivity contribution in [2.75, 3.05) is 29.0 Å². The molecular formula is C28H30N6O2. The van der Waals surface area contributed by atoms with E-state index in [1.165, 1.54) is 0 Å². The molecule has 36 heavy (non-hydrogen) atoms. The van der Waals surface area contributed by atoms with E-state index in [1.54, 1.807) is 30.5 Å². The first-order valence-electron chi connectivity index (χ1n) is 12.0. The van der Waals surface area contributed by atoms with Crippen LogP contribution in [0.2, 0.25) is 0 Å². The molecule has 184 valence electrons. The second kappa shape index (κ2) is 10.5. The quantitative estimate of drug-likeness (QED) is 0.524. The number of amides is 2. The fraction of sp³-hybridized carbons (Fsp3) is 0.286. The van der Waals surface area contributed by atoms with Crippen molar-refractivity contribution >= 4 is 29.0 Å². The van der Waals surface area contributed by atoms with Gasteiger partial charge < -0.3 is 20.9 Å². The molecule has 0 bridgehead atoms. The summed E-state index contributed by atoms with van der Waals surface area (Å²) >= 11 is 0. The average molecular weight is 483 g/mol. The topological polar surface area (TPSA) is 115 Å². The molecule has 1 aliphatic rings. The number of anilines is 3. The molecular weight excluding hydrogens is 452 g/mol. The molecule has 2 amide bonds. The summed E-state index contributed by atoms with van der Waals surface area (Å²) in [7, 11) is 0. The highest BCUT2D eigenvalue weighted by Gasteiger charge is 2.32. The van der Waals surface area contributed by atoms with E-state index in [2.05, 4.69) is 35.1 Å². The number of rotatable bonds is 5. The van der Waals surface area contributed by atoms with Crippen molar-refractivity contribution < 1.29 is 9.59 Å². The van der Waals surface area contributed by atoms with E-state index in [0.29, 0.717) is 42.0 Å². The van der Waals surface area contributed by atoms with Crippen molar-refractivity contribution in [3.8, 4) is 17.2 Å². The summed E-state index contributed by atoms with van der Waals surface area (Å²) in [6.45, 7) is 7.36. The summed E-state index contributed by atoms with van der Waals surface area (Å²) in [6, 6.07) is 18.4. The zero-order valence-electron chi connectivity index (χ0n) is 20.7. The van der Waals surface area contributed by atoms with Gasteiger partial charge in [-0.05, 0) is 49.7 Å². The zero-order chi connectivity index (χ0) is 25.8. The number of pyridine rings is 1. The minimum Gasteiger partial charge on any atom is -0.397 e. The SMILES string of the molecule is CCC(=O)N1C(C)CN(c2ccc(C(=O)Nc3cccc(-c4ccc(C#N)cc4)c3N)cn2)CC1C. The summed E-state index contributed by atoms with van der Waals surface area (Å²) in [5.74, 6) is 0.631. The monoisotopic (exact) mass is 482 g/mol. The van der Waals surface area contributed by atoms with Crippen LogP contribution >= 0.6 is 0 Å². The van der Waals surface area contributed by atoms with Crippen LogP contribution in [0.3, 0.4) is 0 Å². The van der Waals surface area contributed by atoms with Crippen LogP contribution in [-0.4, -0.2) is 46.9 Å². The van der Waals surface area contributed by atoms with Crippen LogP contribution in [0.5, 0.6) is 0 Å². The Labute approximate surface area is 211 Å². The number of hydrogen-bond donors (Lipinski definition) is 2. The molecule has 4 rings (SSSR count). The number of carbonyl (C=O) groups excluding carboxylic acids is 2. The summed E-state index contributed by atoms with van der Waals surface area (Å²) in [6.07, 6.45) is 2.06. The van der Waals surface area contributed by atoms with Gasteiger partial charge in [-0.1, -0.05) is 31.2 Å². The molecule has 3 N–H and O–H groups in total. The van der Waals surface area contributed by atoms with Gasteiger partial charge in [0.25, 0.3) is 5.91 Å². The Balaban J connectivity index is 1.46. The van der Waals surface area contributed by atoms with Crippen LogP contribution in [0.15, 0.2) is 60.8 Å². The van der Waals surface area contributed by atoms with Crippen molar-refractivity contribution in [1.82, 2.24) is 9.88 Å². The first kappa shape index (κ1) is 24.7. The number of carbonyl (C=O) groups is 2. The summed E-state index contributed by atoms with van der Waals surface area (Å²) in [5.41, 5.74) is 9.94. The van der Waals surface area contributed by atoms with Crippen molar-refractivity contribution in [3.05, 3.63) is 71.9 Å². The van der Waals surface area contributed by atoms with Gasteiger partial charge in [-0.25, -0.2) is 4.98 Å². The van der Waals surface area contributed by atoms with Crippen molar-refractivity contribution in [2.24, 2.45) is 0 Å². The normalized spacial score (nSPS) is 17.4. The van der Waals surface area contributed by atoms with Crippen molar-refractivity contribution in [2.45, 2.75) is 39.3 Å². The van der Waals surface area contributed by atoms with E-state index in [-0.39, 0.29) is 23.9 Å². The molecule has 3 aromatic rings. The summed E-state index contributed by atoms with van der Waals surface area (Å²) in [4.78, 5) is 33.9. The van der Waals surface area contributed by atoms with Crippen LogP contribution in [0.4, 0.5) is 17.2 Å². The molecule has 2 atom stereocenters. The predicted molar refractivity (Wildman–Crippen MR) is 141 cm³/mol. The van der Waals surface area contributed by atoms with E-state index in [1.807, 2.05) is 42.2 Å². The van der Waals surface area contributed by atoms with Gasteiger partial charge in [-0.15, -0.1) is 0 Å². The lowest BCUT2D eigenvalue weighted by molar-refractivity contribution is -0.135. The van der Waals surface area contributed by atoms with E-state index in [9.17, 15) is 9.59 Å². The van der Waals surface area contributed by atoms with E-state index in [0.717, 1.165) is 16.9 Å². The Morgan fingerprint density at radius 3 is 2.36 bits per heavy atom. The minimum absolute atomic E-state index is 0.0809. The Kier molecular flexibility index (Phi) is 7.20. The molecule has 1 fully saturated rings. The number of piperazine rings is 1. The van der Waals surface area contributed by atoms with E-state index < -0.39 is 0 Å². The number of aromatic nitrogens is 1. The number of hydrogen-bond acceptors (Lipinski definition) is 6. The molecule has 0 aliphatic carbocycles. The molecule has 1 aliphatic heterocycles. The summed E-state index contributed by atoms with van der Waals surface area (Å²) < 4.78 is 0. The highest BCUT2D eigenvalue weighted by molar-refractivity contribution is 6.06. The molecule has 1 saturated heterocycles. The smallest absolute Gasteiger partial charge is 0.257 e. The second-order valence-electron chi connectivity index (χ2n) is 9.07. The molecule has 0 saturated carbocycles. The van der Waals surface area contributed by atoms with Crippen LogP contribution in [0, 0.1) is 11.3 Å². The Bertz CT molecular complexity index is 1290. The molecule has 0 radical (unpaired) electrons. The van der Waals surface area contributed by atoms with Crippen LogP contribution in [-0.2, 0) is 4.79 Å². The number of nitriles is 1. The van der Waals surface area contributed by atoms with E-state index in [4.69, 9.17) is 11.0 Å². The van der Waals surface area contributed by atoms with Gasteiger partial charge in [-0.3, -0.25) is 9.59 Å². The van der Waals surface area contributed by atoms with Gasteiger partial charge in [0, 0.05) is 43.4 Å². The number of nitrogen functional groups attached to an aromatic ring is 1. The lowest BCUT2D eigenvalue weighted by Crippen LogP contribution is -2.58. The van der Waals surface area contributed by atoms with Gasteiger partial charge in [0.15, 0.2) is 0 Å². The number of benzene rings is 2. The van der Waals surface area contributed by atoms with Crippen LogP contribution < -0.4 is 16.0 Å². The van der Waals surface area contributed by atoms with Gasteiger partial charge in [0.1, 0.15) is 5.82 Å². The Morgan fingerprint density at radius 2 is 1.78 bits per heavy atom. The first-order valence-corrected chi connectivity index (χ1v) is 12.0. The Hall–Kier alpha value is -4.38. The third kappa shape index (κ3) is 5.01. The molecule has 2 aromatic carbocycles. The lowest BCUT2D eigenvalue weighted by Gasteiger charge is -2.45. The zero-order valence-corrected chi connectivity index (χ0v) is 20.7. The number of nitrogens with two attached hydrogens (primary N) is 1. The summed E-state index contributed by atoms with van der Waals surface area (Å²) in [5, 5.41) is 11.9. The lowest BCUT2D eigenvalue weighted by atomic mass is 10.0. The van der Waals surface area contributed by atoms with Crippen molar-refractivity contribution in [1.29, 1.82) is 5.26 Å². The van der Waals surface area contributed by atoms with Crippen molar-refractivity contribution in [3.63, 3.8) is 0 Å². The van der Waals surface area contributed by atoms with Gasteiger partial charge in [0.05, 0.1) is 28.6 Å². The van der Waals surface area contributed by atoms with Gasteiger partial charge in [-0.2, -0.15) is 5.26 Å². The Morgan fingerprint density at radius 1 is 1.08 bits per heavy atom. The number of nitrogens with zero attached hydrogens (tertiary/aromatic N) is 4. The number of para-hydroxylation sites is 1. The maximum Gasteiger partial charge on any atom is 0.257 e. The average Bonchev–Trinajstić information content (AvgIpc) is 2.89. The third-order valence-electron chi connectivity index (χ3n) is 6.52. The van der Waals surface area contributed by atoms with Gasteiger partial charge >= 0.3 is 0 Å². The third-order valence-corrected chi connectivity index (χ3v) is 6.52. The maximum atomic E-state index is 12.9. The minimum atomic E-state index is -0.308. The largest absolute Gasteiger partial charge is 0.397 e. The molecule has 1 aromatic heterocycles. The molecule has 0 spiro atoms. The first-order chi connectivity index (χ1) is 17.3. The highest BCUT2D eigenvalue weighted by atomic mass is 16.2. The van der Waals surface area contributed by atoms with Crippen LogP contribution in [0.25, 0.3) is 11.1 Å². The second-order valence-corrected chi connectivity index (χ2v) is 9.07. The maximum absolute atomic E-state index is 12.9. The standard InChI is InChI=1S/C28H30N6O2/c1-4-26(35)34-18(2)16-33(17-19(34)3)25-13-12-22(15-31-25)28(36)32-24-7-5-6-23(27(24)30)21-10-8-20(14-29)9-11-21/h5-13,15,18-19H,4,16-17,30H2,1-3H3,(H,32,36). The molecule has 8 nitrogen and oxygen atoms in total. The fourth-order valence-electron chi connectivity index (χ4n) is 4.74. The van der Waals surface area contributed by atoms with E-state index >= 15 is 0 Å². The predicted octanol–water partition coefficient (Wildman–Crippen LogP) is 4.29.